The molecule has 9 heteroatoms. The molecule has 0 saturated carbocycles. The van der Waals surface area contributed by atoms with Crippen LogP contribution in [0.15, 0.2) is 29.1 Å². The quantitative estimate of drug-likeness (QED) is 0.674. The average Bonchev–Trinajstić information content (AvgIpc) is 3.03. The van der Waals surface area contributed by atoms with Crippen LogP contribution in [0.1, 0.15) is 33.6 Å². The standard InChI is InChI=1S/C17H22BrN5O3/c1-11(17(2,3)16(25)26)20-15(24)5-4-6-23-10-14(21-22-23)12-7-13(18)9-19-8-12/h7-11H,4-6H2,1-3H3,(H,20,24)(H,25,26)/t11-/m0/s1. The van der Waals surface area contributed by atoms with Gasteiger partial charge >= 0.3 is 5.97 Å². The van der Waals surface area contributed by atoms with Crippen LogP contribution in [0.4, 0.5) is 0 Å². The minimum absolute atomic E-state index is 0.177. The van der Waals surface area contributed by atoms with Crippen molar-refractivity contribution in [2.24, 2.45) is 5.41 Å². The summed E-state index contributed by atoms with van der Waals surface area (Å²) in [4.78, 5) is 27.3. The first kappa shape index (κ1) is 20.0. The molecule has 140 valence electrons. The van der Waals surface area contributed by atoms with Crippen molar-refractivity contribution < 1.29 is 14.7 Å². The lowest BCUT2D eigenvalue weighted by molar-refractivity contribution is -0.148. The summed E-state index contributed by atoms with van der Waals surface area (Å²) in [6.07, 6.45) is 6.06. The van der Waals surface area contributed by atoms with Gasteiger partial charge in [-0.3, -0.25) is 19.3 Å². The van der Waals surface area contributed by atoms with Crippen molar-refractivity contribution in [1.29, 1.82) is 0 Å². The van der Waals surface area contributed by atoms with Gasteiger partial charge < -0.3 is 10.4 Å². The van der Waals surface area contributed by atoms with Gasteiger partial charge in [0.1, 0.15) is 5.69 Å². The second kappa shape index (κ2) is 8.39. The molecule has 0 bridgehead atoms. The Morgan fingerprint density at radius 2 is 2.12 bits per heavy atom. The Labute approximate surface area is 160 Å². The molecule has 1 amide bonds. The van der Waals surface area contributed by atoms with Gasteiger partial charge in [0.05, 0.1) is 11.6 Å². The zero-order chi connectivity index (χ0) is 19.3. The molecule has 2 aromatic rings. The maximum absolute atomic E-state index is 12.0. The SMILES string of the molecule is C[C@H](NC(=O)CCCn1cc(-c2cncc(Br)c2)nn1)C(C)(C)C(=O)O. The second-order valence-corrected chi connectivity index (χ2v) is 7.59. The maximum Gasteiger partial charge on any atom is 0.311 e. The van der Waals surface area contributed by atoms with Crippen LogP contribution in [0.25, 0.3) is 11.3 Å². The van der Waals surface area contributed by atoms with E-state index in [-0.39, 0.29) is 12.3 Å². The minimum atomic E-state index is -1.02. The van der Waals surface area contributed by atoms with Gasteiger partial charge in [0.15, 0.2) is 0 Å². The molecule has 1 atom stereocenters. The van der Waals surface area contributed by atoms with Crippen LogP contribution in [-0.4, -0.2) is 43.0 Å². The van der Waals surface area contributed by atoms with E-state index in [0.717, 1.165) is 10.0 Å². The maximum atomic E-state index is 12.0. The number of carboxylic acid groups (broad SMARTS) is 1. The number of amides is 1. The number of carboxylic acids is 1. The topological polar surface area (TPSA) is 110 Å². The molecule has 0 aliphatic rings. The van der Waals surface area contributed by atoms with Crippen molar-refractivity contribution in [3.63, 3.8) is 0 Å². The van der Waals surface area contributed by atoms with Crippen molar-refractivity contribution in [3.8, 4) is 11.3 Å². The fourth-order valence-electron chi connectivity index (χ4n) is 2.17. The third-order valence-electron chi connectivity index (χ3n) is 4.34. The van der Waals surface area contributed by atoms with Gasteiger partial charge in [0, 0.05) is 41.4 Å². The Kier molecular flexibility index (Phi) is 6.47. The number of carbonyl (C=O) groups excluding carboxylic acids is 1. The molecule has 0 saturated heterocycles. The summed E-state index contributed by atoms with van der Waals surface area (Å²) in [6.45, 7) is 5.42. The monoisotopic (exact) mass is 423 g/mol. The Bertz CT molecular complexity index is 790. The van der Waals surface area contributed by atoms with E-state index in [1.54, 1.807) is 44.0 Å². The minimum Gasteiger partial charge on any atom is -0.481 e. The first-order valence-electron chi connectivity index (χ1n) is 8.24. The van der Waals surface area contributed by atoms with Crippen LogP contribution in [-0.2, 0) is 16.1 Å². The van der Waals surface area contributed by atoms with Crippen LogP contribution in [0.3, 0.4) is 0 Å². The van der Waals surface area contributed by atoms with Crippen molar-refractivity contribution in [3.05, 3.63) is 29.1 Å². The number of hydrogen-bond acceptors (Lipinski definition) is 5. The largest absolute Gasteiger partial charge is 0.481 e. The number of nitrogens with zero attached hydrogens (tertiary/aromatic N) is 4. The molecule has 0 aliphatic carbocycles. The number of pyridine rings is 1. The van der Waals surface area contributed by atoms with Gasteiger partial charge in [0.25, 0.3) is 0 Å². The lowest BCUT2D eigenvalue weighted by Crippen LogP contribution is -2.47. The van der Waals surface area contributed by atoms with Gasteiger partial charge in [-0.1, -0.05) is 5.21 Å². The lowest BCUT2D eigenvalue weighted by Gasteiger charge is -2.27. The van der Waals surface area contributed by atoms with E-state index >= 15 is 0 Å². The van der Waals surface area contributed by atoms with E-state index < -0.39 is 17.4 Å². The predicted octanol–water partition coefficient (Wildman–Crippen LogP) is 2.50. The average molecular weight is 424 g/mol. The van der Waals surface area contributed by atoms with Crippen LogP contribution >= 0.6 is 15.9 Å². The molecule has 0 radical (unpaired) electrons. The molecule has 0 unspecified atom stereocenters. The summed E-state index contributed by atoms with van der Waals surface area (Å²) in [7, 11) is 0. The molecule has 2 N–H and O–H groups in total. The predicted molar refractivity (Wildman–Crippen MR) is 99.2 cm³/mol. The molecule has 8 nitrogen and oxygen atoms in total. The Morgan fingerprint density at radius 1 is 1.38 bits per heavy atom. The highest BCUT2D eigenvalue weighted by molar-refractivity contribution is 9.10. The Morgan fingerprint density at radius 3 is 2.77 bits per heavy atom. The fraction of sp³-hybridized carbons (Fsp3) is 0.471. The van der Waals surface area contributed by atoms with Crippen molar-refractivity contribution >= 4 is 27.8 Å². The first-order chi connectivity index (χ1) is 12.2. The van der Waals surface area contributed by atoms with E-state index in [9.17, 15) is 14.7 Å². The Hall–Kier alpha value is -2.29. The van der Waals surface area contributed by atoms with Crippen molar-refractivity contribution in [2.75, 3.05) is 0 Å². The zero-order valence-electron chi connectivity index (χ0n) is 14.9. The number of rotatable bonds is 8. The molecular weight excluding hydrogens is 402 g/mol. The number of aliphatic carboxylic acids is 1. The van der Waals surface area contributed by atoms with Crippen molar-refractivity contribution in [2.45, 2.75) is 46.2 Å². The summed E-state index contributed by atoms with van der Waals surface area (Å²) in [6, 6.07) is 1.44. The molecule has 26 heavy (non-hydrogen) atoms. The van der Waals surface area contributed by atoms with Crippen molar-refractivity contribution in [1.82, 2.24) is 25.3 Å². The Balaban J connectivity index is 1.83. The third-order valence-corrected chi connectivity index (χ3v) is 4.78. The smallest absolute Gasteiger partial charge is 0.311 e. The van der Waals surface area contributed by atoms with E-state index in [0.29, 0.717) is 18.7 Å². The van der Waals surface area contributed by atoms with Crippen LogP contribution in [0.2, 0.25) is 0 Å². The highest BCUT2D eigenvalue weighted by Gasteiger charge is 2.34. The molecule has 0 aromatic carbocycles. The zero-order valence-corrected chi connectivity index (χ0v) is 16.5. The van der Waals surface area contributed by atoms with Gasteiger partial charge in [-0.25, -0.2) is 0 Å². The van der Waals surface area contributed by atoms with Gasteiger partial charge in [-0.15, -0.1) is 5.10 Å². The number of aromatic nitrogens is 4. The fourth-order valence-corrected chi connectivity index (χ4v) is 2.54. The summed E-state index contributed by atoms with van der Waals surface area (Å²) in [5, 5.41) is 20.1. The highest BCUT2D eigenvalue weighted by Crippen LogP contribution is 2.21. The summed E-state index contributed by atoms with van der Waals surface area (Å²) >= 11 is 3.37. The second-order valence-electron chi connectivity index (χ2n) is 6.68. The third kappa shape index (κ3) is 5.10. The van der Waals surface area contributed by atoms with Gasteiger partial charge in [-0.05, 0) is 49.2 Å². The number of carbonyl (C=O) groups is 2. The molecule has 2 aromatic heterocycles. The lowest BCUT2D eigenvalue weighted by atomic mass is 9.85. The molecule has 2 heterocycles. The number of nitrogens with one attached hydrogen (secondary N) is 1. The highest BCUT2D eigenvalue weighted by atomic mass is 79.9. The van der Waals surface area contributed by atoms with E-state index in [4.69, 9.17) is 0 Å². The summed E-state index contributed by atoms with van der Waals surface area (Å²) in [5.74, 6) is -1.12. The van der Waals surface area contributed by atoms with Crippen LogP contribution in [0, 0.1) is 5.41 Å². The van der Waals surface area contributed by atoms with E-state index in [1.807, 2.05) is 6.07 Å². The molecule has 0 spiro atoms. The van der Waals surface area contributed by atoms with E-state index in [1.165, 1.54) is 0 Å². The molecule has 0 fully saturated rings. The number of aryl methyl sites for hydroxylation is 1. The van der Waals surface area contributed by atoms with Gasteiger partial charge in [0.2, 0.25) is 5.91 Å². The van der Waals surface area contributed by atoms with E-state index in [2.05, 4.69) is 36.5 Å². The normalized spacial score (nSPS) is 12.6. The molecule has 0 aliphatic heterocycles. The molecule has 2 rings (SSSR count). The van der Waals surface area contributed by atoms with Crippen LogP contribution in [0.5, 0.6) is 0 Å². The summed E-state index contributed by atoms with van der Waals surface area (Å²) in [5.41, 5.74) is 0.544. The first-order valence-corrected chi connectivity index (χ1v) is 9.03. The summed E-state index contributed by atoms with van der Waals surface area (Å²) < 4.78 is 2.54. The van der Waals surface area contributed by atoms with Gasteiger partial charge in [-0.2, -0.15) is 0 Å². The van der Waals surface area contributed by atoms with Crippen LogP contribution < -0.4 is 5.32 Å². The number of halogens is 1. The molecular formula is C17H22BrN5O3. The number of hydrogen-bond donors (Lipinski definition) is 2.